The molecule has 0 atom stereocenters. The molecule has 0 bridgehead atoms. The normalized spacial score (nSPS) is 11.7. The van der Waals surface area contributed by atoms with E-state index in [-0.39, 0.29) is 5.41 Å². The van der Waals surface area contributed by atoms with E-state index >= 15 is 0 Å². The summed E-state index contributed by atoms with van der Waals surface area (Å²) in [5.74, 6) is 2.45. The van der Waals surface area contributed by atoms with Gasteiger partial charge in [-0.05, 0) is 32.7 Å². The number of aryl methyl sites for hydroxylation is 1. The van der Waals surface area contributed by atoms with Gasteiger partial charge in [0.25, 0.3) is 0 Å². The lowest BCUT2D eigenvalue weighted by Gasteiger charge is -2.23. The molecular formula is C13H25N5. The first-order valence-electron chi connectivity index (χ1n) is 6.38. The molecule has 0 radical (unpaired) electrons. The Labute approximate surface area is 110 Å². The summed E-state index contributed by atoms with van der Waals surface area (Å²) in [6, 6.07) is 2.28. The molecular weight excluding hydrogens is 226 g/mol. The average molecular weight is 251 g/mol. The summed E-state index contributed by atoms with van der Waals surface area (Å²) in [5.41, 5.74) is 5.77. The quantitative estimate of drug-likeness (QED) is 0.721. The van der Waals surface area contributed by atoms with Crippen LogP contribution < -0.4 is 16.4 Å². The van der Waals surface area contributed by atoms with Crippen LogP contribution in [0.3, 0.4) is 0 Å². The molecule has 4 N–H and O–H groups in total. The zero-order chi connectivity index (χ0) is 13.8. The van der Waals surface area contributed by atoms with Crippen molar-refractivity contribution in [3.63, 3.8) is 0 Å². The molecule has 1 heterocycles. The molecule has 1 aromatic heterocycles. The second-order valence-corrected chi connectivity index (χ2v) is 5.71. The maximum absolute atomic E-state index is 5.71. The van der Waals surface area contributed by atoms with Gasteiger partial charge in [0.1, 0.15) is 17.5 Å². The number of hydrogen-bond donors (Lipinski definition) is 3. The molecule has 102 valence electrons. The molecule has 18 heavy (non-hydrogen) atoms. The zero-order valence-corrected chi connectivity index (χ0v) is 12.0. The minimum Gasteiger partial charge on any atom is -0.369 e. The van der Waals surface area contributed by atoms with Gasteiger partial charge in [-0.3, -0.25) is 0 Å². The van der Waals surface area contributed by atoms with Gasteiger partial charge >= 0.3 is 0 Å². The Kier molecular flexibility index (Phi) is 4.90. The van der Waals surface area contributed by atoms with Crippen molar-refractivity contribution in [3.05, 3.63) is 11.9 Å². The van der Waals surface area contributed by atoms with Crippen molar-refractivity contribution >= 4 is 11.6 Å². The summed E-state index contributed by atoms with van der Waals surface area (Å²) in [7, 11) is 0. The molecule has 0 fully saturated rings. The number of nitrogens with two attached hydrogens (primary N) is 1. The number of anilines is 2. The van der Waals surface area contributed by atoms with Crippen molar-refractivity contribution in [2.45, 2.75) is 40.7 Å². The van der Waals surface area contributed by atoms with Crippen LogP contribution in [-0.4, -0.2) is 29.1 Å². The van der Waals surface area contributed by atoms with E-state index in [9.17, 15) is 0 Å². The standard InChI is InChI=1S/C13H25N5/c1-9(2)16-12-6-11(17-10(3)18-12)15-8-13(4,5)7-14/h6,9H,7-8,14H2,1-5H3,(H2,15,16,17,18). The topological polar surface area (TPSA) is 75.9 Å². The van der Waals surface area contributed by atoms with Crippen LogP contribution in [0.15, 0.2) is 6.07 Å². The fraction of sp³-hybridized carbons (Fsp3) is 0.692. The molecule has 0 spiro atoms. The van der Waals surface area contributed by atoms with Crippen molar-refractivity contribution < 1.29 is 0 Å². The maximum Gasteiger partial charge on any atom is 0.131 e. The van der Waals surface area contributed by atoms with Crippen molar-refractivity contribution in [1.82, 2.24) is 9.97 Å². The number of nitrogens with zero attached hydrogens (tertiary/aromatic N) is 2. The summed E-state index contributed by atoms with van der Waals surface area (Å²) in [6.07, 6.45) is 0. The molecule has 0 saturated heterocycles. The van der Waals surface area contributed by atoms with Crippen molar-refractivity contribution in [3.8, 4) is 0 Å². The molecule has 0 amide bonds. The predicted molar refractivity (Wildman–Crippen MR) is 76.9 cm³/mol. The highest BCUT2D eigenvalue weighted by molar-refractivity contribution is 5.48. The minimum absolute atomic E-state index is 0.0600. The summed E-state index contributed by atoms with van der Waals surface area (Å²) in [6.45, 7) is 11.7. The second kappa shape index (κ2) is 6.00. The second-order valence-electron chi connectivity index (χ2n) is 5.71. The van der Waals surface area contributed by atoms with E-state index in [1.165, 1.54) is 0 Å². The zero-order valence-electron chi connectivity index (χ0n) is 12.0. The molecule has 1 rings (SSSR count). The summed E-state index contributed by atoms with van der Waals surface area (Å²) < 4.78 is 0. The lowest BCUT2D eigenvalue weighted by Crippen LogP contribution is -2.31. The Hall–Kier alpha value is -1.36. The van der Waals surface area contributed by atoms with Gasteiger partial charge in [-0.15, -0.1) is 0 Å². The summed E-state index contributed by atoms with van der Waals surface area (Å²) >= 11 is 0. The number of aromatic nitrogens is 2. The van der Waals surface area contributed by atoms with Gasteiger partial charge in [0.2, 0.25) is 0 Å². The lowest BCUT2D eigenvalue weighted by atomic mass is 9.94. The van der Waals surface area contributed by atoms with Crippen molar-refractivity contribution in [1.29, 1.82) is 0 Å². The third-order valence-corrected chi connectivity index (χ3v) is 2.58. The third kappa shape index (κ3) is 4.87. The van der Waals surface area contributed by atoms with E-state index in [0.717, 1.165) is 24.0 Å². The van der Waals surface area contributed by atoms with Gasteiger partial charge in [0.05, 0.1) is 0 Å². The van der Waals surface area contributed by atoms with Crippen LogP contribution in [0.2, 0.25) is 0 Å². The van der Waals surface area contributed by atoms with Crippen LogP contribution in [0.4, 0.5) is 11.6 Å². The molecule has 0 unspecified atom stereocenters. The van der Waals surface area contributed by atoms with Crippen molar-refractivity contribution in [2.24, 2.45) is 11.1 Å². The van der Waals surface area contributed by atoms with Crippen LogP contribution in [-0.2, 0) is 0 Å². The van der Waals surface area contributed by atoms with Gasteiger partial charge in [-0.25, -0.2) is 9.97 Å². The molecule has 0 saturated carbocycles. The molecule has 1 aromatic rings. The third-order valence-electron chi connectivity index (χ3n) is 2.58. The summed E-state index contributed by atoms with van der Waals surface area (Å²) in [5, 5.41) is 6.60. The molecule has 0 aliphatic carbocycles. The predicted octanol–water partition coefficient (Wildman–Crippen LogP) is 2.00. The molecule has 0 aliphatic rings. The number of nitrogens with one attached hydrogen (secondary N) is 2. The number of hydrogen-bond acceptors (Lipinski definition) is 5. The Morgan fingerprint density at radius 2 is 1.89 bits per heavy atom. The molecule has 0 aliphatic heterocycles. The van der Waals surface area contributed by atoms with Crippen LogP contribution in [0.5, 0.6) is 0 Å². The highest BCUT2D eigenvalue weighted by Gasteiger charge is 2.15. The summed E-state index contributed by atoms with van der Waals surface area (Å²) in [4.78, 5) is 8.73. The van der Waals surface area contributed by atoms with Crippen molar-refractivity contribution in [2.75, 3.05) is 23.7 Å². The first kappa shape index (κ1) is 14.7. The number of rotatable bonds is 6. The van der Waals surface area contributed by atoms with E-state index < -0.39 is 0 Å². The average Bonchev–Trinajstić information content (AvgIpc) is 2.25. The highest BCUT2D eigenvalue weighted by atomic mass is 15.1. The SMILES string of the molecule is Cc1nc(NCC(C)(C)CN)cc(NC(C)C)n1. The largest absolute Gasteiger partial charge is 0.369 e. The van der Waals surface area contributed by atoms with Crippen LogP contribution in [0.25, 0.3) is 0 Å². The smallest absolute Gasteiger partial charge is 0.131 e. The van der Waals surface area contributed by atoms with Gasteiger partial charge in [-0.2, -0.15) is 0 Å². The lowest BCUT2D eigenvalue weighted by molar-refractivity contribution is 0.405. The van der Waals surface area contributed by atoms with Crippen LogP contribution in [0.1, 0.15) is 33.5 Å². The van der Waals surface area contributed by atoms with E-state index in [4.69, 9.17) is 5.73 Å². The molecule has 0 aromatic carbocycles. The Morgan fingerprint density at radius 3 is 2.44 bits per heavy atom. The van der Waals surface area contributed by atoms with Gasteiger partial charge in [0, 0.05) is 18.7 Å². The van der Waals surface area contributed by atoms with Gasteiger partial charge < -0.3 is 16.4 Å². The monoisotopic (exact) mass is 251 g/mol. The van der Waals surface area contributed by atoms with Gasteiger partial charge in [0.15, 0.2) is 0 Å². The highest BCUT2D eigenvalue weighted by Crippen LogP contribution is 2.16. The Morgan fingerprint density at radius 1 is 1.28 bits per heavy atom. The minimum atomic E-state index is 0.0600. The van der Waals surface area contributed by atoms with E-state index in [0.29, 0.717) is 12.6 Å². The molecule has 5 heteroatoms. The van der Waals surface area contributed by atoms with E-state index in [1.807, 2.05) is 13.0 Å². The fourth-order valence-electron chi connectivity index (χ4n) is 1.43. The van der Waals surface area contributed by atoms with E-state index in [2.05, 4.69) is 48.3 Å². The van der Waals surface area contributed by atoms with Crippen LogP contribution >= 0.6 is 0 Å². The fourth-order valence-corrected chi connectivity index (χ4v) is 1.43. The van der Waals surface area contributed by atoms with Crippen LogP contribution in [0, 0.1) is 12.3 Å². The van der Waals surface area contributed by atoms with E-state index in [1.54, 1.807) is 0 Å². The first-order valence-corrected chi connectivity index (χ1v) is 6.38. The van der Waals surface area contributed by atoms with Gasteiger partial charge in [-0.1, -0.05) is 13.8 Å². The Balaban J connectivity index is 2.74. The maximum atomic E-state index is 5.71. The Bertz CT molecular complexity index is 387. The first-order chi connectivity index (χ1) is 8.32. The molecule has 5 nitrogen and oxygen atoms in total.